The van der Waals surface area contributed by atoms with Crippen LogP contribution in [0, 0.1) is 12.7 Å². The number of aliphatic hydroxyl groups excluding tert-OH is 1. The molecule has 0 bridgehead atoms. The molecule has 1 aromatic carbocycles. The Hall–Kier alpha value is -3.06. The van der Waals surface area contributed by atoms with Crippen LogP contribution in [0.4, 0.5) is 4.39 Å². The molecule has 1 N–H and O–H groups in total. The number of rotatable bonds is 0. The van der Waals surface area contributed by atoms with E-state index in [9.17, 15) is 19.1 Å². The van der Waals surface area contributed by atoms with Crippen molar-refractivity contribution in [2.24, 2.45) is 0 Å². The maximum absolute atomic E-state index is 14.5. The van der Waals surface area contributed by atoms with Gasteiger partial charge >= 0.3 is 11.9 Å². The highest BCUT2D eigenvalue weighted by molar-refractivity contribution is 6.05. The van der Waals surface area contributed by atoms with Crippen LogP contribution in [0.2, 0.25) is 0 Å². The third-order valence-electron chi connectivity index (χ3n) is 6.55. The molecule has 1 aliphatic carbocycles. The number of halogens is 1. The van der Waals surface area contributed by atoms with E-state index in [2.05, 4.69) is 4.74 Å². The van der Waals surface area contributed by atoms with E-state index in [0.29, 0.717) is 23.2 Å². The fourth-order valence-corrected chi connectivity index (χ4v) is 5.11. The minimum Gasteiger partial charge on any atom is -0.387 e. The second-order valence-corrected chi connectivity index (χ2v) is 8.06. The molecule has 4 aliphatic rings. The van der Waals surface area contributed by atoms with Gasteiger partial charge in [-0.2, -0.15) is 0 Å². The highest BCUT2D eigenvalue weighted by Gasteiger charge is 2.41. The van der Waals surface area contributed by atoms with Crippen LogP contribution in [0.3, 0.4) is 0 Å². The average Bonchev–Trinajstić information content (AvgIpc) is 3.07. The zero-order chi connectivity index (χ0) is 20.0. The van der Waals surface area contributed by atoms with E-state index in [1.807, 2.05) is 11.8 Å². The smallest absolute Gasteiger partial charge is 0.347 e. The maximum Gasteiger partial charge on any atom is 0.347 e. The number of aromatic nitrogens is 1. The zero-order valence-corrected chi connectivity index (χ0v) is 15.7. The molecule has 0 saturated carbocycles. The number of ether oxygens (including phenoxy) is 1. The predicted octanol–water partition coefficient (Wildman–Crippen LogP) is 2.08. The van der Waals surface area contributed by atoms with Crippen LogP contribution < -0.4 is 0 Å². The Labute approximate surface area is 165 Å². The minimum absolute atomic E-state index is 0.247. The summed E-state index contributed by atoms with van der Waals surface area (Å²) in [6.45, 7) is 2.65. The van der Waals surface area contributed by atoms with Gasteiger partial charge in [0.1, 0.15) is 5.82 Å². The normalized spacial score (nSPS) is 22.4. The van der Waals surface area contributed by atoms with Gasteiger partial charge in [-0.3, -0.25) is 0 Å². The number of nitrogens with zero attached hydrogens (tertiary/aromatic N) is 2. The van der Waals surface area contributed by atoms with Gasteiger partial charge in [0.05, 0.1) is 29.0 Å². The van der Waals surface area contributed by atoms with Gasteiger partial charge in [-0.15, -0.1) is 0 Å². The summed E-state index contributed by atoms with van der Waals surface area (Å²) in [5.41, 5.74) is 6.73. The fourth-order valence-electron chi connectivity index (χ4n) is 5.11. The summed E-state index contributed by atoms with van der Waals surface area (Å²) >= 11 is 0. The van der Waals surface area contributed by atoms with Gasteiger partial charge in [0.2, 0.25) is 0 Å². The number of fused-ring (bicyclic) bond motifs is 4. The van der Waals surface area contributed by atoms with Crippen molar-refractivity contribution in [3.05, 3.63) is 57.1 Å². The molecule has 29 heavy (non-hydrogen) atoms. The number of aliphatic hydroxyl groups is 1. The molecule has 4 heterocycles. The lowest BCUT2D eigenvalue weighted by Gasteiger charge is -2.30. The first-order valence-electron chi connectivity index (χ1n) is 9.71. The number of esters is 2. The summed E-state index contributed by atoms with van der Waals surface area (Å²) in [4.78, 5) is 30.7. The first-order chi connectivity index (χ1) is 13.9. The Morgan fingerprint density at radius 2 is 2.00 bits per heavy atom. The van der Waals surface area contributed by atoms with E-state index in [0.717, 1.165) is 47.2 Å². The van der Waals surface area contributed by atoms with Crippen molar-refractivity contribution >= 4 is 28.5 Å². The van der Waals surface area contributed by atoms with Gasteiger partial charge in [0.15, 0.2) is 6.10 Å². The lowest BCUT2D eigenvalue weighted by molar-refractivity contribution is -0.164. The standard InChI is InChI=1S/C22H17FN2O4/c1-9-10-3-2-4-11-13-7-25-8-14-12(20(26)22(28)29-21(14)27)5-17(25)19(13)24-16(18(10)11)6-15(9)23/h5-6,20,26H,2-4,7-8H2,1H3. The summed E-state index contributed by atoms with van der Waals surface area (Å²) in [7, 11) is 0. The summed E-state index contributed by atoms with van der Waals surface area (Å²) in [6.07, 6.45) is 2.88. The molecule has 1 unspecified atom stereocenters. The third kappa shape index (κ3) is 2.11. The Bertz CT molecular complexity index is 1240. The van der Waals surface area contributed by atoms with Crippen molar-refractivity contribution in [2.75, 3.05) is 6.54 Å². The van der Waals surface area contributed by atoms with Crippen molar-refractivity contribution in [1.29, 1.82) is 0 Å². The van der Waals surface area contributed by atoms with E-state index >= 15 is 0 Å². The second kappa shape index (κ2) is 5.51. The predicted molar refractivity (Wildman–Crippen MR) is 101 cm³/mol. The number of cyclic esters (lactones) is 2. The van der Waals surface area contributed by atoms with Gasteiger partial charge in [-0.05, 0) is 49.0 Å². The Balaban J connectivity index is 1.60. The molecule has 0 saturated heterocycles. The van der Waals surface area contributed by atoms with E-state index in [4.69, 9.17) is 4.98 Å². The molecule has 1 aromatic heterocycles. The molecule has 6 rings (SSSR count). The summed E-state index contributed by atoms with van der Waals surface area (Å²) in [6, 6.07) is 1.50. The SMILES string of the molecule is Cc1c(F)cc2nc3c(c4c2c1CCC4)CN1CC2=C(C=C31)C(O)C(=O)OC2=O. The number of hydrogen-bond acceptors (Lipinski definition) is 6. The monoisotopic (exact) mass is 392 g/mol. The summed E-state index contributed by atoms with van der Waals surface area (Å²) < 4.78 is 19.2. The van der Waals surface area contributed by atoms with Gasteiger partial charge < -0.3 is 14.7 Å². The molecule has 1 atom stereocenters. The molecule has 146 valence electrons. The Kier molecular flexibility index (Phi) is 3.20. The molecular weight excluding hydrogens is 375 g/mol. The van der Waals surface area contributed by atoms with Gasteiger partial charge in [0.25, 0.3) is 0 Å². The lowest BCUT2D eigenvalue weighted by atomic mass is 9.85. The van der Waals surface area contributed by atoms with E-state index < -0.39 is 18.0 Å². The van der Waals surface area contributed by atoms with E-state index in [1.54, 1.807) is 6.08 Å². The fraction of sp³-hybridized carbons (Fsp3) is 0.318. The molecule has 3 aliphatic heterocycles. The van der Waals surface area contributed by atoms with Gasteiger partial charge in [-0.25, -0.2) is 19.0 Å². The summed E-state index contributed by atoms with van der Waals surface area (Å²) in [5, 5.41) is 11.3. The van der Waals surface area contributed by atoms with Gasteiger partial charge in [-0.1, -0.05) is 0 Å². The molecule has 0 spiro atoms. The minimum atomic E-state index is -1.48. The number of hydrogen-bond donors (Lipinski definition) is 1. The molecule has 6 nitrogen and oxygen atoms in total. The van der Waals surface area contributed by atoms with Gasteiger partial charge in [0, 0.05) is 29.1 Å². The van der Waals surface area contributed by atoms with Crippen molar-refractivity contribution in [1.82, 2.24) is 9.88 Å². The van der Waals surface area contributed by atoms with Crippen LogP contribution >= 0.6 is 0 Å². The number of aryl methyl sites for hydroxylation is 2. The molecule has 2 aromatic rings. The number of benzene rings is 1. The van der Waals surface area contributed by atoms with Crippen LogP contribution in [0.5, 0.6) is 0 Å². The lowest BCUT2D eigenvalue weighted by Crippen LogP contribution is -2.40. The first-order valence-corrected chi connectivity index (χ1v) is 9.71. The quantitative estimate of drug-likeness (QED) is 0.546. The second-order valence-electron chi connectivity index (χ2n) is 8.06. The summed E-state index contributed by atoms with van der Waals surface area (Å²) in [5.74, 6) is -1.91. The van der Waals surface area contributed by atoms with Crippen LogP contribution in [-0.4, -0.2) is 39.6 Å². The number of carbonyl (C=O) groups is 2. The third-order valence-corrected chi connectivity index (χ3v) is 6.55. The first kappa shape index (κ1) is 16.9. The topological polar surface area (TPSA) is 79.7 Å². The molecule has 0 radical (unpaired) electrons. The van der Waals surface area contributed by atoms with Crippen molar-refractivity contribution in [2.45, 2.75) is 38.8 Å². The van der Waals surface area contributed by atoms with Crippen molar-refractivity contribution in [3.63, 3.8) is 0 Å². The van der Waals surface area contributed by atoms with E-state index in [1.165, 1.54) is 11.6 Å². The molecule has 0 fully saturated rings. The van der Waals surface area contributed by atoms with Crippen molar-refractivity contribution in [3.8, 4) is 0 Å². The number of pyridine rings is 1. The number of carbonyl (C=O) groups excluding carboxylic acids is 2. The Morgan fingerprint density at radius 1 is 1.21 bits per heavy atom. The highest BCUT2D eigenvalue weighted by atomic mass is 19.1. The molecular formula is C22H17FN2O4. The highest BCUT2D eigenvalue weighted by Crippen LogP contribution is 2.44. The maximum atomic E-state index is 14.5. The molecule has 7 heteroatoms. The van der Waals surface area contributed by atoms with Crippen LogP contribution in [0.25, 0.3) is 16.6 Å². The van der Waals surface area contributed by atoms with E-state index in [-0.39, 0.29) is 17.9 Å². The van der Waals surface area contributed by atoms with Crippen molar-refractivity contribution < 1.29 is 23.8 Å². The largest absolute Gasteiger partial charge is 0.387 e. The average molecular weight is 392 g/mol. The van der Waals surface area contributed by atoms with Crippen LogP contribution in [0.1, 0.15) is 34.4 Å². The Morgan fingerprint density at radius 3 is 2.83 bits per heavy atom. The van der Waals surface area contributed by atoms with Crippen LogP contribution in [-0.2, 0) is 33.7 Å². The van der Waals surface area contributed by atoms with Crippen LogP contribution in [0.15, 0.2) is 23.3 Å². The molecule has 0 amide bonds. The zero-order valence-electron chi connectivity index (χ0n) is 15.7.